The molecule has 0 fully saturated rings. The molecule has 0 spiro atoms. The van der Waals surface area contributed by atoms with Crippen molar-refractivity contribution in [2.75, 3.05) is 6.61 Å². The molecule has 0 aliphatic rings. The van der Waals surface area contributed by atoms with Gasteiger partial charge in [-0.25, -0.2) is 0 Å². The van der Waals surface area contributed by atoms with Gasteiger partial charge in [-0.15, -0.1) is 0 Å². The van der Waals surface area contributed by atoms with E-state index in [-0.39, 0.29) is 11.5 Å². The molecular weight excluding hydrogens is 409 g/mol. The van der Waals surface area contributed by atoms with Crippen molar-refractivity contribution in [1.82, 2.24) is 0 Å². The third-order valence-corrected chi connectivity index (χ3v) is 4.04. The van der Waals surface area contributed by atoms with Gasteiger partial charge >= 0.3 is 0 Å². The van der Waals surface area contributed by atoms with Crippen molar-refractivity contribution in [3.05, 3.63) is 79.4 Å². The van der Waals surface area contributed by atoms with E-state index in [0.717, 1.165) is 5.56 Å². The fourth-order valence-electron chi connectivity index (χ4n) is 1.97. The highest BCUT2D eigenvalue weighted by atomic mass is 127. The summed E-state index contributed by atoms with van der Waals surface area (Å²) in [5.41, 5.74) is 1.15. The molecule has 2 aromatic carbocycles. The van der Waals surface area contributed by atoms with Gasteiger partial charge in [-0.1, -0.05) is 30.3 Å². The van der Waals surface area contributed by atoms with E-state index in [1.54, 1.807) is 0 Å². The van der Waals surface area contributed by atoms with Crippen LogP contribution in [-0.4, -0.2) is 17.3 Å². The van der Waals surface area contributed by atoms with Crippen LogP contribution in [0.3, 0.4) is 0 Å². The molecule has 0 unspecified atom stereocenters. The van der Waals surface area contributed by atoms with Crippen molar-refractivity contribution >= 4 is 39.8 Å². The predicted octanol–water partition coefficient (Wildman–Crippen LogP) is 4.62. The highest BCUT2D eigenvalue weighted by Crippen LogP contribution is 2.28. The maximum atomic E-state index is 12.6. The van der Waals surface area contributed by atoms with Crippen LogP contribution in [0.2, 0.25) is 0 Å². The van der Waals surface area contributed by atoms with Crippen molar-refractivity contribution in [2.45, 2.75) is 6.92 Å². The normalized spacial score (nSPS) is 11.6. The van der Waals surface area contributed by atoms with Crippen molar-refractivity contribution in [2.24, 2.45) is 0 Å². The summed E-state index contributed by atoms with van der Waals surface area (Å²) in [5, 5.41) is 10.7. The van der Waals surface area contributed by atoms with E-state index in [4.69, 9.17) is 4.74 Å². The monoisotopic (exact) mass is 423 g/mol. The topological polar surface area (TPSA) is 69.4 Å². The van der Waals surface area contributed by atoms with Gasteiger partial charge in [0, 0.05) is 23.3 Å². The Kier molecular flexibility index (Phi) is 5.86. The number of halogens is 1. The number of hydrogen-bond acceptors (Lipinski definition) is 4. The molecule has 0 aromatic heterocycles. The van der Waals surface area contributed by atoms with E-state index in [1.807, 2.05) is 59.8 Å². The molecule has 0 aliphatic heterocycles. The van der Waals surface area contributed by atoms with E-state index in [1.165, 1.54) is 24.3 Å². The number of benzene rings is 2. The van der Waals surface area contributed by atoms with Crippen LogP contribution < -0.4 is 0 Å². The zero-order chi connectivity index (χ0) is 16.8. The summed E-state index contributed by atoms with van der Waals surface area (Å²) in [7, 11) is 0. The number of nitro groups is 1. The van der Waals surface area contributed by atoms with E-state index < -0.39 is 4.92 Å². The third-order valence-electron chi connectivity index (χ3n) is 3.06. The summed E-state index contributed by atoms with van der Waals surface area (Å²) in [6, 6.07) is 14.9. The molecule has 2 aromatic rings. The molecule has 0 bridgehead atoms. The standard InChI is InChI=1S/C17H14INO4/c1-2-23-17(13-6-4-3-5-7-13)15(18)16(20)12-8-10-14(11-9-12)19(21)22/h3-11H,2H2,1H3/b17-15-. The highest BCUT2D eigenvalue weighted by Gasteiger charge is 2.18. The number of nitrogens with zero attached hydrogens (tertiary/aromatic N) is 1. The first kappa shape index (κ1) is 17.1. The number of non-ortho nitro benzene ring substituents is 1. The Labute approximate surface area is 147 Å². The van der Waals surface area contributed by atoms with Gasteiger partial charge in [0.15, 0.2) is 0 Å². The minimum absolute atomic E-state index is 0.0476. The lowest BCUT2D eigenvalue weighted by Gasteiger charge is -2.11. The molecule has 0 saturated heterocycles. The number of ketones is 1. The maximum absolute atomic E-state index is 12.6. The molecule has 118 valence electrons. The first-order valence-corrected chi connectivity index (χ1v) is 7.99. The lowest BCUT2D eigenvalue weighted by Crippen LogP contribution is -2.04. The smallest absolute Gasteiger partial charge is 0.269 e. The van der Waals surface area contributed by atoms with Gasteiger partial charge in [0.2, 0.25) is 5.78 Å². The van der Waals surface area contributed by atoms with E-state index in [2.05, 4.69) is 0 Å². The van der Waals surface area contributed by atoms with Crippen LogP contribution in [-0.2, 0) is 4.74 Å². The summed E-state index contributed by atoms with van der Waals surface area (Å²) in [4.78, 5) is 22.8. The van der Waals surface area contributed by atoms with Crippen molar-refractivity contribution in [1.29, 1.82) is 0 Å². The number of carbonyl (C=O) groups is 1. The maximum Gasteiger partial charge on any atom is 0.269 e. The number of carbonyl (C=O) groups excluding carboxylic acids is 1. The molecule has 23 heavy (non-hydrogen) atoms. The van der Waals surface area contributed by atoms with Crippen LogP contribution >= 0.6 is 22.6 Å². The molecule has 0 atom stereocenters. The van der Waals surface area contributed by atoms with E-state index in [0.29, 0.717) is 21.5 Å². The summed E-state index contributed by atoms with van der Waals surface area (Å²) in [6.07, 6.45) is 0. The lowest BCUT2D eigenvalue weighted by atomic mass is 10.1. The van der Waals surface area contributed by atoms with Crippen molar-refractivity contribution < 1.29 is 14.5 Å². The minimum Gasteiger partial charge on any atom is -0.492 e. The Morgan fingerprint density at radius 1 is 1.09 bits per heavy atom. The average molecular weight is 423 g/mol. The summed E-state index contributed by atoms with van der Waals surface area (Å²) < 4.78 is 6.07. The number of ether oxygens (including phenoxy) is 1. The fourth-order valence-corrected chi connectivity index (χ4v) is 2.75. The number of allylic oxidation sites excluding steroid dienone is 1. The molecule has 0 heterocycles. The minimum atomic E-state index is -0.495. The fraction of sp³-hybridized carbons (Fsp3) is 0.118. The highest BCUT2D eigenvalue weighted by molar-refractivity contribution is 14.1. The number of hydrogen-bond donors (Lipinski definition) is 0. The number of nitro benzene ring substituents is 1. The molecule has 2 rings (SSSR count). The Morgan fingerprint density at radius 2 is 1.70 bits per heavy atom. The molecule has 0 N–H and O–H groups in total. The molecule has 0 radical (unpaired) electrons. The Hall–Kier alpha value is -2.22. The van der Waals surface area contributed by atoms with Gasteiger partial charge in [-0.2, -0.15) is 0 Å². The Morgan fingerprint density at radius 3 is 2.22 bits per heavy atom. The molecule has 5 nitrogen and oxygen atoms in total. The van der Waals surface area contributed by atoms with Crippen LogP contribution in [0.15, 0.2) is 58.2 Å². The van der Waals surface area contributed by atoms with Gasteiger partial charge in [0.1, 0.15) is 9.34 Å². The third kappa shape index (κ3) is 4.16. The first-order valence-electron chi connectivity index (χ1n) is 6.91. The average Bonchev–Trinajstić information content (AvgIpc) is 2.59. The second kappa shape index (κ2) is 7.87. The SMILES string of the molecule is CCO/C(=C(\I)C(=O)c1ccc([N+](=O)[O-])cc1)c1ccccc1. The lowest BCUT2D eigenvalue weighted by molar-refractivity contribution is -0.384. The second-order valence-electron chi connectivity index (χ2n) is 4.58. The zero-order valence-corrected chi connectivity index (χ0v) is 14.5. The van der Waals surface area contributed by atoms with E-state index in [9.17, 15) is 14.9 Å². The molecular formula is C17H14INO4. The summed E-state index contributed by atoms with van der Waals surface area (Å²) in [6.45, 7) is 2.29. The molecule has 0 amide bonds. The zero-order valence-electron chi connectivity index (χ0n) is 12.4. The van der Waals surface area contributed by atoms with Gasteiger partial charge in [-0.3, -0.25) is 14.9 Å². The van der Waals surface area contributed by atoms with Gasteiger partial charge in [0.05, 0.1) is 11.5 Å². The van der Waals surface area contributed by atoms with Gasteiger partial charge in [-0.05, 0) is 41.6 Å². The predicted molar refractivity (Wildman–Crippen MR) is 96.4 cm³/mol. The number of Topliss-reactive ketones (excluding diaryl/α,β-unsaturated/α-hetero) is 1. The largest absolute Gasteiger partial charge is 0.492 e. The van der Waals surface area contributed by atoms with Gasteiger partial charge in [0.25, 0.3) is 5.69 Å². The Bertz CT molecular complexity index is 739. The first-order chi connectivity index (χ1) is 11.0. The van der Waals surface area contributed by atoms with Crippen LogP contribution in [0.1, 0.15) is 22.8 Å². The van der Waals surface area contributed by atoms with Crippen molar-refractivity contribution in [3.63, 3.8) is 0 Å². The number of rotatable bonds is 6. The second-order valence-corrected chi connectivity index (χ2v) is 5.65. The van der Waals surface area contributed by atoms with E-state index >= 15 is 0 Å². The quantitative estimate of drug-likeness (QED) is 0.170. The van der Waals surface area contributed by atoms with Crippen LogP contribution in [0.25, 0.3) is 5.76 Å². The summed E-state index contributed by atoms with van der Waals surface area (Å²) in [5.74, 6) is 0.282. The molecule has 0 aliphatic carbocycles. The summed E-state index contributed by atoms with van der Waals surface area (Å²) >= 11 is 1.95. The van der Waals surface area contributed by atoms with Crippen LogP contribution in [0.4, 0.5) is 5.69 Å². The molecule has 0 saturated carbocycles. The molecule has 6 heteroatoms. The van der Waals surface area contributed by atoms with Crippen molar-refractivity contribution in [3.8, 4) is 0 Å². The Balaban J connectivity index is 2.39. The van der Waals surface area contributed by atoms with Crippen LogP contribution in [0.5, 0.6) is 0 Å². The van der Waals surface area contributed by atoms with Gasteiger partial charge < -0.3 is 4.74 Å². The van der Waals surface area contributed by atoms with Crippen LogP contribution in [0, 0.1) is 10.1 Å².